The quantitative estimate of drug-likeness (QED) is 0.224. The van der Waals surface area contributed by atoms with Crippen LogP contribution < -0.4 is 0 Å². The molecule has 0 saturated heterocycles. The zero-order valence-electron chi connectivity index (χ0n) is 35.6. The molecule has 0 amide bonds. The van der Waals surface area contributed by atoms with Crippen LogP contribution in [0.3, 0.4) is 0 Å². The van der Waals surface area contributed by atoms with Gasteiger partial charge in [-0.05, 0) is 82.6 Å². The Morgan fingerprint density at radius 3 is 0.725 bits per heavy atom. The lowest BCUT2D eigenvalue weighted by Gasteiger charge is -2.41. The summed E-state index contributed by atoms with van der Waals surface area (Å²) in [5.41, 5.74) is 4.09. The summed E-state index contributed by atoms with van der Waals surface area (Å²) in [6, 6.07) is 12.7. The Balaban J connectivity index is 2.96. The van der Waals surface area contributed by atoms with E-state index in [4.69, 9.17) is 0 Å². The molecule has 0 fully saturated rings. The number of ketones is 1. The molecule has 0 aliphatic rings. The second-order valence-corrected chi connectivity index (χ2v) is 21.2. The van der Waals surface area contributed by atoms with Crippen molar-refractivity contribution in [3.63, 3.8) is 0 Å². The van der Waals surface area contributed by atoms with Crippen molar-refractivity contribution in [1.29, 1.82) is 0 Å². The van der Waals surface area contributed by atoms with Gasteiger partial charge in [-0.1, -0.05) is 168 Å². The van der Waals surface area contributed by atoms with Crippen molar-refractivity contribution in [2.24, 2.45) is 0 Å². The lowest BCUT2D eigenvalue weighted by molar-refractivity contribution is -0.119. The highest BCUT2D eigenvalue weighted by Gasteiger charge is 2.44. The van der Waals surface area contributed by atoms with Gasteiger partial charge in [0.2, 0.25) is 0 Å². The molecule has 0 radical (unpaired) electrons. The number of carbonyl (C=O) groups excluding carboxylic acids is 1. The number of benzene rings is 3. The van der Waals surface area contributed by atoms with Gasteiger partial charge in [0, 0.05) is 12.8 Å². The monoisotopic (exact) mass is 699 g/mol. The standard InChI is InChI=1S/C47H70O4/c1-20-31(48)27-47(28-21-32(41(2,3)4)38(49)33(22-28)42(5,6)7,29-23-34(43(8,9)10)39(50)35(24-29)44(11,12)13)30-25-36(45(14,15)16)40(51)37(26-30)46(17,18)19/h21-26,49-51H,20,27H2,1-19H3. The minimum atomic E-state index is -1.05. The maximum Gasteiger partial charge on any atom is 0.134 e. The van der Waals surface area contributed by atoms with Gasteiger partial charge < -0.3 is 15.3 Å². The van der Waals surface area contributed by atoms with Crippen LogP contribution in [-0.2, 0) is 42.7 Å². The average Bonchev–Trinajstić information content (AvgIpc) is 2.92. The Morgan fingerprint density at radius 1 is 0.412 bits per heavy atom. The second-order valence-electron chi connectivity index (χ2n) is 21.2. The van der Waals surface area contributed by atoms with Gasteiger partial charge in [-0.25, -0.2) is 0 Å². The van der Waals surface area contributed by atoms with Crippen molar-refractivity contribution in [2.75, 3.05) is 0 Å². The summed E-state index contributed by atoms with van der Waals surface area (Å²) in [5, 5.41) is 35.9. The molecule has 3 aromatic carbocycles. The number of phenolic OH excluding ortho intramolecular Hbond substituents is 3. The first-order valence-corrected chi connectivity index (χ1v) is 18.9. The van der Waals surface area contributed by atoms with E-state index >= 15 is 0 Å². The molecule has 0 spiro atoms. The molecule has 282 valence electrons. The van der Waals surface area contributed by atoms with Crippen molar-refractivity contribution in [3.8, 4) is 17.2 Å². The van der Waals surface area contributed by atoms with Crippen molar-refractivity contribution in [1.82, 2.24) is 0 Å². The van der Waals surface area contributed by atoms with Gasteiger partial charge in [0.05, 0.1) is 5.41 Å². The maximum absolute atomic E-state index is 14.3. The minimum absolute atomic E-state index is 0.100. The van der Waals surface area contributed by atoms with E-state index in [0.29, 0.717) is 6.42 Å². The normalized spacial score (nSPS) is 13.9. The van der Waals surface area contributed by atoms with E-state index in [1.165, 1.54) is 0 Å². The average molecular weight is 699 g/mol. The van der Waals surface area contributed by atoms with Gasteiger partial charge in [-0.3, -0.25) is 4.79 Å². The third kappa shape index (κ3) is 8.36. The van der Waals surface area contributed by atoms with Crippen molar-refractivity contribution < 1.29 is 20.1 Å². The van der Waals surface area contributed by atoms with Gasteiger partial charge >= 0.3 is 0 Å². The van der Waals surface area contributed by atoms with Crippen LogP contribution in [0.25, 0.3) is 0 Å². The maximum atomic E-state index is 14.3. The van der Waals surface area contributed by atoms with E-state index in [-0.39, 0.29) is 29.5 Å². The molecule has 0 aliphatic carbocycles. The SMILES string of the molecule is CCC(=O)CC(c1cc(C(C)(C)C)c(O)c(C(C)(C)C)c1)(c1cc(C(C)(C)C)c(O)c(C(C)(C)C)c1)c1cc(C(C)(C)C)c(O)c(C(C)(C)C)c1. The highest BCUT2D eigenvalue weighted by Crippen LogP contribution is 2.53. The van der Waals surface area contributed by atoms with E-state index in [2.05, 4.69) is 161 Å². The van der Waals surface area contributed by atoms with E-state index in [1.807, 2.05) is 6.92 Å². The van der Waals surface area contributed by atoms with Gasteiger partial charge in [-0.2, -0.15) is 0 Å². The molecule has 0 saturated carbocycles. The molecule has 3 aromatic rings. The Hall–Kier alpha value is -3.27. The minimum Gasteiger partial charge on any atom is -0.507 e. The van der Waals surface area contributed by atoms with Gasteiger partial charge in [-0.15, -0.1) is 0 Å². The van der Waals surface area contributed by atoms with E-state index in [0.717, 1.165) is 50.1 Å². The van der Waals surface area contributed by atoms with Crippen LogP contribution in [0.5, 0.6) is 17.2 Å². The van der Waals surface area contributed by atoms with Crippen LogP contribution >= 0.6 is 0 Å². The molecule has 0 bridgehead atoms. The van der Waals surface area contributed by atoms with E-state index < -0.39 is 37.9 Å². The number of phenols is 3. The Kier molecular flexibility index (Phi) is 11.0. The van der Waals surface area contributed by atoms with E-state index in [9.17, 15) is 20.1 Å². The van der Waals surface area contributed by atoms with Crippen molar-refractivity contribution in [3.05, 3.63) is 86.5 Å². The number of rotatable bonds is 6. The highest BCUT2D eigenvalue weighted by atomic mass is 16.3. The molecule has 51 heavy (non-hydrogen) atoms. The topological polar surface area (TPSA) is 77.8 Å². The largest absolute Gasteiger partial charge is 0.507 e. The van der Waals surface area contributed by atoms with Crippen LogP contribution in [-0.4, -0.2) is 21.1 Å². The molecule has 3 N–H and O–H groups in total. The summed E-state index contributed by atoms with van der Waals surface area (Å²) < 4.78 is 0. The molecule has 0 heterocycles. The smallest absolute Gasteiger partial charge is 0.134 e. The third-order valence-corrected chi connectivity index (χ3v) is 10.5. The Morgan fingerprint density at radius 2 is 0.588 bits per heavy atom. The van der Waals surface area contributed by atoms with E-state index in [1.54, 1.807) is 0 Å². The fourth-order valence-corrected chi connectivity index (χ4v) is 7.30. The van der Waals surface area contributed by atoms with Crippen LogP contribution in [0.1, 0.15) is 194 Å². The highest BCUT2D eigenvalue weighted by molar-refractivity contribution is 5.82. The molecule has 3 rings (SSSR count). The van der Waals surface area contributed by atoms with Crippen LogP contribution in [0.15, 0.2) is 36.4 Å². The summed E-state index contributed by atoms with van der Waals surface area (Å²) in [6.07, 6.45) is 0.516. The lowest BCUT2D eigenvalue weighted by atomic mass is 9.61. The van der Waals surface area contributed by atoms with Crippen LogP contribution in [0.4, 0.5) is 0 Å². The van der Waals surface area contributed by atoms with Crippen LogP contribution in [0.2, 0.25) is 0 Å². The molecule has 0 aromatic heterocycles. The fraction of sp³-hybridized carbons (Fsp3) is 0.596. The number of hydrogen-bond donors (Lipinski definition) is 3. The van der Waals surface area contributed by atoms with Gasteiger partial charge in [0.25, 0.3) is 0 Å². The molecule has 0 unspecified atom stereocenters. The van der Waals surface area contributed by atoms with Crippen molar-refractivity contribution in [2.45, 2.75) is 182 Å². The molecular weight excluding hydrogens is 629 g/mol. The molecule has 4 nitrogen and oxygen atoms in total. The Labute approximate surface area is 311 Å². The van der Waals surface area contributed by atoms with Gasteiger partial charge in [0.1, 0.15) is 23.0 Å². The first kappa shape index (κ1) is 42.1. The number of Topliss-reactive ketones (excluding diaryl/α,β-unsaturated/α-hetero) is 1. The fourth-order valence-electron chi connectivity index (χ4n) is 7.30. The van der Waals surface area contributed by atoms with Crippen LogP contribution in [0, 0.1) is 0 Å². The first-order valence-electron chi connectivity index (χ1n) is 18.9. The summed E-state index contributed by atoms with van der Waals surface area (Å²) in [7, 11) is 0. The number of hydrogen-bond acceptors (Lipinski definition) is 4. The predicted octanol–water partition coefficient (Wildman–Crippen LogP) is 12.3. The zero-order valence-corrected chi connectivity index (χ0v) is 35.6. The zero-order chi connectivity index (χ0) is 39.7. The lowest BCUT2D eigenvalue weighted by Crippen LogP contribution is -2.35. The predicted molar refractivity (Wildman–Crippen MR) is 216 cm³/mol. The molecule has 0 atom stereocenters. The summed E-state index contributed by atoms with van der Waals surface area (Å²) in [5.74, 6) is 0.940. The Bertz CT molecular complexity index is 1480. The first-order chi connectivity index (χ1) is 22.7. The number of aromatic hydroxyl groups is 3. The van der Waals surface area contributed by atoms with Gasteiger partial charge in [0.15, 0.2) is 0 Å². The summed E-state index contributed by atoms with van der Waals surface area (Å²) in [4.78, 5) is 14.3. The second kappa shape index (κ2) is 13.3. The third-order valence-electron chi connectivity index (χ3n) is 10.5. The summed E-state index contributed by atoms with van der Waals surface area (Å²) >= 11 is 0. The molecule has 4 heteroatoms. The molecular formula is C47H70O4. The summed E-state index contributed by atoms with van der Waals surface area (Å²) in [6.45, 7) is 40.0. The number of carbonyl (C=O) groups is 1. The van der Waals surface area contributed by atoms with Crippen molar-refractivity contribution >= 4 is 5.78 Å². The molecule has 0 aliphatic heterocycles.